The normalized spacial score (nSPS) is 27.5. The van der Waals surface area contributed by atoms with Crippen LogP contribution in [0.4, 0.5) is 0 Å². The zero-order valence-corrected chi connectivity index (χ0v) is 4.29. The molecule has 0 bridgehead atoms. The number of aldehydes is 1. The molecule has 44 valence electrons. The lowest BCUT2D eigenvalue weighted by Crippen LogP contribution is -2.06. The van der Waals surface area contributed by atoms with Crippen molar-refractivity contribution in [2.24, 2.45) is 0 Å². The summed E-state index contributed by atoms with van der Waals surface area (Å²) in [4.78, 5) is 20.1. The van der Waals surface area contributed by atoms with E-state index in [4.69, 9.17) is 0 Å². The molecule has 0 N–H and O–H groups in total. The van der Waals surface area contributed by atoms with Crippen LogP contribution in [0.5, 0.6) is 0 Å². The van der Waals surface area contributed by atoms with Crippen LogP contribution in [0.3, 0.4) is 0 Å². The molecule has 1 fully saturated rings. The molecule has 1 rings (SSSR count). The second-order valence-corrected chi connectivity index (χ2v) is 1.70. The van der Waals surface area contributed by atoms with Crippen LogP contribution < -0.4 is 0 Å². The summed E-state index contributed by atoms with van der Waals surface area (Å²) in [6.07, 6.45) is 1.15. The summed E-state index contributed by atoms with van der Waals surface area (Å²) >= 11 is 0. The number of cyclic esters (lactones) is 1. The first-order valence-electron chi connectivity index (χ1n) is 2.47. The lowest BCUT2D eigenvalue weighted by molar-refractivity contribution is -0.144. The van der Waals surface area contributed by atoms with E-state index in [1.807, 2.05) is 0 Å². The Balaban J connectivity index is 2.43. The highest BCUT2D eigenvalue weighted by Gasteiger charge is 2.21. The molecular formula is C5H6O3. The summed E-state index contributed by atoms with van der Waals surface area (Å²) in [5.41, 5.74) is 0. The zero-order valence-electron chi connectivity index (χ0n) is 4.29. The Kier molecular flexibility index (Phi) is 1.28. The number of hydrogen-bond donors (Lipinski definition) is 0. The van der Waals surface area contributed by atoms with Crippen molar-refractivity contribution in [3.8, 4) is 0 Å². The van der Waals surface area contributed by atoms with Crippen molar-refractivity contribution in [1.29, 1.82) is 0 Å². The summed E-state index contributed by atoms with van der Waals surface area (Å²) in [5.74, 6) is -0.262. The van der Waals surface area contributed by atoms with Crippen LogP contribution in [0, 0.1) is 0 Å². The van der Waals surface area contributed by atoms with E-state index in [-0.39, 0.29) is 5.97 Å². The Morgan fingerprint density at radius 2 is 2.50 bits per heavy atom. The van der Waals surface area contributed by atoms with E-state index in [0.717, 1.165) is 0 Å². The second-order valence-electron chi connectivity index (χ2n) is 1.70. The van der Waals surface area contributed by atoms with Crippen LogP contribution in [-0.4, -0.2) is 18.4 Å². The average Bonchev–Trinajstić information content (AvgIpc) is 2.14. The molecule has 0 aliphatic carbocycles. The first-order chi connectivity index (χ1) is 3.83. The quantitative estimate of drug-likeness (QED) is 0.353. The molecule has 0 spiro atoms. The summed E-state index contributed by atoms with van der Waals surface area (Å²) in [5, 5.41) is 0. The lowest BCUT2D eigenvalue weighted by atomic mass is 10.3. The summed E-state index contributed by atoms with van der Waals surface area (Å²) in [7, 11) is 0. The first-order valence-corrected chi connectivity index (χ1v) is 2.47. The Morgan fingerprint density at radius 1 is 1.75 bits per heavy atom. The van der Waals surface area contributed by atoms with Gasteiger partial charge in [-0.25, -0.2) is 0 Å². The third-order valence-electron chi connectivity index (χ3n) is 1.07. The van der Waals surface area contributed by atoms with Gasteiger partial charge in [0.1, 0.15) is 0 Å². The van der Waals surface area contributed by atoms with Gasteiger partial charge in [0.2, 0.25) is 0 Å². The van der Waals surface area contributed by atoms with Gasteiger partial charge in [-0.05, 0) is 0 Å². The molecular weight excluding hydrogens is 108 g/mol. The summed E-state index contributed by atoms with van der Waals surface area (Å²) in [6, 6.07) is 0. The topological polar surface area (TPSA) is 43.4 Å². The Bertz CT molecular complexity index is 119. The minimum Gasteiger partial charge on any atom is -0.455 e. The van der Waals surface area contributed by atoms with Gasteiger partial charge in [0.15, 0.2) is 12.4 Å². The van der Waals surface area contributed by atoms with Crippen LogP contribution in [-0.2, 0) is 14.3 Å². The number of esters is 1. The van der Waals surface area contributed by atoms with E-state index in [1.54, 1.807) is 0 Å². The molecule has 1 saturated heterocycles. The van der Waals surface area contributed by atoms with Crippen molar-refractivity contribution in [2.45, 2.75) is 18.9 Å². The second kappa shape index (κ2) is 1.94. The summed E-state index contributed by atoms with van der Waals surface area (Å²) in [6.45, 7) is 0. The molecule has 0 aromatic carbocycles. The van der Waals surface area contributed by atoms with Crippen molar-refractivity contribution in [2.75, 3.05) is 0 Å². The fraction of sp³-hybridized carbons (Fsp3) is 0.600. The molecule has 0 aromatic rings. The monoisotopic (exact) mass is 114 g/mol. The van der Waals surface area contributed by atoms with E-state index in [1.165, 1.54) is 0 Å². The Hall–Kier alpha value is -0.860. The van der Waals surface area contributed by atoms with E-state index in [0.29, 0.717) is 19.1 Å². The molecule has 1 aliphatic rings. The van der Waals surface area contributed by atoms with Gasteiger partial charge in [-0.3, -0.25) is 9.59 Å². The number of carbonyl (C=O) groups is 2. The third-order valence-corrected chi connectivity index (χ3v) is 1.07. The average molecular weight is 114 g/mol. The van der Waals surface area contributed by atoms with Gasteiger partial charge in [0.05, 0.1) is 0 Å². The smallest absolute Gasteiger partial charge is 0.306 e. The standard InChI is InChI=1S/C5H6O3/c6-3-4-1-2-5(7)8-4/h3-4H,1-2H2/t4-/m0/s1. The van der Waals surface area contributed by atoms with Crippen molar-refractivity contribution < 1.29 is 14.3 Å². The van der Waals surface area contributed by atoms with Crippen molar-refractivity contribution in [1.82, 2.24) is 0 Å². The van der Waals surface area contributed by atoms with Crippen LogP contribution in [0.1, 0.15) is 12.8 Å². The van der Waals surface area contributed by atoms with Gasteiger partial charge >= 0.3 is 5.97 Å². The van der Waals surface area contributed by atoms with Gasteiger partial charge in [0, 0.05) is 12.8 Å². The maximum atomic E-state index is 10.2. The minimum atomic E-state index is -0.456. The number of ether oxygens (including phenoxy) is 1. The maximum Gasteiger partial charge on any atom is 0.306 e. The van der Waals surface area contributed by atoms with Gasteiger partial charge in [-0.1, -0.05) is 0 Å². The number of hydrogen-bond acceptors (Lipinski definition) is 3. The fourth-order valence-corrected chi connectivity index (χ4v) is 0.643. The van der Waals surface area contributed by atoms with Gasteiger partial charge in [0.25, 0.3) is 0 Å². The van der Waals surface area contributed by atoms with E-state index in [9.17, 15) is 9.59 Å². The molecule has 3 nitrogen and oxygen atoms in total. The van der Waals surface area contributed by atoms with Gasteiger partial charge in [-0.15, -0.1) is 0 Å². The molecule has 0 unspecified atom stereocenters. The van der Waals surface area contributed by atoms with E-state index < -0.39 is 6.10 Å². The molecule has 1 heterocycles. The minimum absolute atomic E-state index is 0.262. The summed E-state index contributed by atoms with van der Waals surface area (Å²) < 4.78 is 4.50. The number of carbonyl (C=O) groups excluding carboxylic acids is 2. The fourth-order valence-electron chi connectivity index (χ4n) is 0.643. The predicted octanol–water partition coefficient (Wildman–Crippen LogP) is -0.109. The van der Waals surface area contributed by atoms with Crippen molar-refractivity contribution in [3.05, 3.63) is 0 Å². The third kappa shape index (κ3) is 0.857. The Labute approximate surface area is 46.6 Å². The van der Waals surface area contributed by atoms with E-state index >= 15 is 0 Å². The van der Waals surface area contributed by atoms with Crippen molar-refractivity contribution >= 4 is 12.3 Å². The zero-order chi connectivity index (χ0) is 5.98. The van der Waals surface area contributed by atoms with E-state index in [2.05, 4.69) is 4.74 Å². The highest BCUT2D eigenvalue weighted by atomic mass is 16.6. The van der Waals surface area contributed by atoms with Crippen LogP contribution in [0.15, 0.2) is 0 Å². The molecule has 0 saturated carbocycles. The van der Waals surface area contributed by atoms with Gasteiger partial charge in [-0.2, -0.15) is 0 Å². The Morgan fingerprint density at radius 3 is 2.75 bits per heavy atom. The molecule has 1 aliphatic heterocycles. The SMILES string of the molecule is O=C[C@@H]1CCC(=O)O1. The molecule has 8 heavy (non-hydrogen) atoms. The molecule has 1 atom stereocenters. The molecule has 0 radical (unpaired) electrons. The molecule has 3 heteroatoms. The molecule has 0 aromatic heterocycles. The largest absolute Gasteiger partial charge is 0.455 e. The number of rotatable bonds is 1. The maximum absolute atomic E-state index is 10.2. The lowest BCUT2D eigenvalue weighted by Gasteiger charge is -1.94. The van der Waals surface area contributed by atoms with Gasteiger partial charge < -0.3 is 4.74 Å². The molecule has 0 amide bonds. The first kappa shape index (κ1) is 5.28. The van der Waals surface area contributed by atoms with Crippen LogP contribution in [0.25, 0.3) is 0 Å². The van der Waals surface area contributed by atoms with Crippen LogP contribution >= 0.6 is 0 Å². The van der Waals surface area contributed by atoms with Crippen LogP contribution in [0.2, 0.25) is 0 Å². The highest BCUT2D eigenvalue weighted by molar-refractivity contribution is 5.76. The highest BCUT2D eigenvalue weighted by Crippen LogP contribution is 2.10. The van der Waals surface area contributed by atoms with Crippen molar-refractivity contribution in [3.63, 3.8) is 0 Å². The predicted molar refractivity (Wildman–Crippen MR) is 25.2 cm³/mol.